The van der Waals surface area contributed by atoms with Gasteiger partial charge in [-0.25, -0.2) is 4.68 Å². The Hall–Kier alpha value is -3.28. The van der Waals surface area contributed by atoms with Crippen molar-refractivity contribution < 1.29 is 9.53 Å². The zero-order valence-electron chi connectivity index (χ0n) is 20.9. The van der Waals surface area contributed by atoms with E-state index in [4.69, 9.17) is 4.74 Å². The first-order chi connectivity index (χ1) is 16.3. The van der Waals surface area contributed by atoms with E-state index in [9.17, 15) is 4.79 Å². The largest absolute Gasteiger partial charge is 0.497 e. The second kappa shape index (κ2) is 9.53. The Labute approximate surface area is 202 Å². The standard InChI is InChI=1S/C28H36N4O2/c1-6-28(7-2,21-14-16-22(34-5)17-15-21)31-26(33)23-19-29-32-25(23)30-24(18-27(32,3)4)20-12-10-8-9-11-13-20/h8-12,14-17,19,24,30H,6-7,13,18H2,1-5H3,(H,31,33). The Balaban J connectivity index is 1.65. The van der Waals surface area contributed by atoms with Gasteiger partial charge >= 0.3 is 0 Å². The normalized spacial score (nSPS) is 19.0. The minimum atomic E-state index is -0.471. The minimum Gasteiger partial charge on any atom is -0.497 e. The van der Waals surface area contributed by atoms with E-state index in [0.29, 0.717) is 5.56 Å². The van der Waals surface area contributed by atoms with Crippen molar-refractivity contribution >= 4 is 11.7 Å². The number of methoxy groups -OCH3 is 1. The fourth-order valence-electron chi connectivity index (χ4n) is 5.09. The number of fused-ring (bicyclic) bond motifs is 1. The van der Waals surface area contributed by atoms with Crippen LogP contribution >= 0.6 is 0 Å². The van der Waals surface area contributed by atoms with Crippen LogP contribution in [0.2, 0.25) is 0 Å². The van der Waals surface area contributed by atoms with Crippen LogP contribution in [-0.2, 0) is 11.1 Å². The highest BCUT2D eigenvalue weighted by molar-refractivity contribution is 5.99. The maximum absolute atomic E-state index is 13.7. The number of aromatic nitrogens is 2. The number of hydrogen-bond acceptors (Lipinski definition) is 4. The molecule has 0 saturated carbocycles. The number of ether oxygens (including phenoxy) is 1. The summed E-state index contributed by atoms with van der Waals surface area (Å²) in [5.74, 6) is 1.48. The molecule has 1 aliphatic carbocycles. The number of nitrogens with zero attached hydrogens (tertiary/aromatic N) is 2. The smallest absolute Gasteiger partial charge is 0.257 e. The van der Waals surface area contributed by atoms with Gasteiger partial charge in [-0.1, -0.05) is 56.4 Å². The van der Waals surface area contributed by atoms with Gasteiger partial charge in [-0.05, 0) is 62.8 Å². The van der Waals surface area contributed by atoms with E-state index in [2.05, 4.69) is 73.8 Å². The Morgan fingerprint density at radius 1 is 1.21 bits per heavy atom. The molecule has 6 nitrogen and oxygen atoms in total. The molecule has 1 amide bonds. The van der Waals surface area contributed by atoms with Crippen LogP contribution in [0.3, 0.4) is 0 Å². The molecule has 0 spiro atoms. The number of amides is 1. The maximum atomic E-state index is 13.7. The van der Waals surface area contributed by atoms with Crippen molar-refractivity contribution in [1.29, 1.82) is 0 Å². The van der Waals surface area contributed by atoms with E-state index in [0.717, 1.165) is 42.8 Å². The zero-order valence-corrected chi connectivity index (χ0v) is 20.9. The topological polar surface area (TPSA) is 68.2 Å². The van der Waals surface area contributed by atoms with Gasteiger partial charge < -0.3 is 15.4 Å². The van der Waals surface area contributed by atoms with Gasteiger partial charge in [0, 0.05) is 0 Å². The van der Waals surface area contributed by atoms with Gasteiger partial charge in [0.15, 0.2) is 0 Å². The highest BCUT2D eigenvalue weighted by atomic mass is 16.5. The molecule has 0 bridgehead atoms. The average Bonchev–Trinajstić information content (AvgIpc) is 3.10. The summed E-state index contributed by atoms with van der Waals surface area (Å²) in [6.45, 7) is 8.58. The molecular weight excluding hydrogens is 424 g/mol. The molecule has 180 valence electrons. The van der Waals surface area contributed by atoms with Gasteiger partial charge in [0.05, 0.1) is 30.4 Å². The predicted molar refractivity (Wildman–Crippen MR) is 137 cm³/mol. The summed E-state index contributed by atoms with van der Waals surface area (Å²) in [5.41, 5.74) is 2.28. The average molecular weight is 461 g/mol. The zero-order chi connectivity index (χ0) is 24.3. The summed E-state index contributed by atoms with van der Waals surface area (Å²) >= 11 is 0. The lowest BCUT2D eigenvalue weighted by Crippen LogP contribution is -2.46. The van der Waals surface area contributed by atoms with Crippen LogP contribution in [0.4, 0.5) is 5.82 Å². The Kier molecular flexibility index (Phi) is 6.69. The van der Waals surface area contributed by atoms with Crippen LogP contribution in [-0.4, -0.2) is 28.8 Å². The molecule has 6 heteroatoms. The lowest BCUT2D eigenvalue weighted by atomic mass is 9.84. The lowest BCUT2D eigenvalue weighted by molar-refractivity contribution is 0.0890. The molecule has 1 atom stereocenters. The maximum Gasteiger partial charge on any atom is 0.257 e. The molecule has 0 saturated heterocycles. The summed E-state index contributed by atoms with van der Waals surface area (Å²) in [7, 11) is 1.66. The van der Waals surface area contributed by atoms with Crippen LogP contribution < -0.4 is 15.4 Å². The van der Waals surface area contributed by atoms with E-state index in [-0.39, 0.29) is 17.5 Å². The SMILES string of the molecule is CCC(CC)(NC(=O)c1cnn2c1NC(C1=CC=CC=CC1)CC2(C)C)c1ccc(OC)cc1. The summed E-state index contributed by atoms with van der Waals surface area (Å²) in [5, 5.41) is 11.6. The van der Waals surface area contributed by atoms with E-state index in [1.807, 2.05) is 28.9 Å². The monoisotopic (exact) mass is 460 g/mol. The van der Waals surface area contributed by atoms with Crippen molar-refractivity contribution in [3.05, 3.63) is 77.5 Å². The van der Waals surface area contributed by atoms with Crippen LogP contribution in [0.5, 0.6) is 5.75 Å². The molecular formula is C28H36N4O2. The van der Waals surface area contributed by atoms with E-state index < -0.39 is 5.54 Å². The van der Waals surface area contributed by atoms with Gasteiger partial charge in [-0.15, -0.1) is 0 Å². The van der Waals surface area contributed by atoms with Gasteiger partial charge in [0.1, 0.15) is 17.1 Å². The lowest BCUT2D eigenvalue weighted by Gasteiger charge is -2.39. The summed E-state index contributed by atoms with van der Waals surface area (Å²) in [4.78, 5) is 13.7. The predicted octanol–water partition coefficient (Wildman–Crippen LogP) is 5.70. The summed E-state index contributed by atoms with van der Waals surface area (Å²) in [6.07, 6.45) is 15.6. The van der Waals surface area contributed by atoms with Crippen molar-refractivity contribution in [1.82, 2.24) is 15.1 Å². The highest BCUT2D eigenvalue weighted by Crippen LogP contribution is 2.38. The van der Waals surface area contributed by atoms with Crippen molar-refractivity contribution in [2.75, 3.05) is 12.4 Å². The summed E-state index contributed by atoms with van der Waals surface area (Å²) in [6, 6.07) is 8.11. The van der Waals surface area contributed by atoms with Crippen molar-refractivity contribution in [3.63, 3.8) is 0 Å². The van der Waals surface area contributed by atoms with Gasteiger partial charge in [0.25, 0.3) is 5.91 Å². The number of allylic oxidation sites excluding steroid dienone is 5. The second-order valence-electron chi connectivity index (χ2n) is 9.76. The van der Waals surface area contributed by atoms with E-state index >= 15 is 0 Å². The third-order valence-corrected chi connectivity index (χ3v) is 7.27. The molecule has 2 aliphatic rings. The fourth-order valence-corrected chi connectivity index (χ4v) is 5.09. The molecule has 4 rings (SSSR count). The van der Waals surface area contributed by atoms with Crippen LogP contribution in [0, 0.1) is 0 Å². The van der Waals surface area contributed by atoms with Crippen molar-refractivity contribution in [2.45, 2.75) is 70.5 Å². The number of carbonyl (C=O) groups excluding carboxylic acids is 1. The molecule has 1 unspecified atom stereocenters. The number of anilines is 1. The third kappa shape index (κ3) is 4.41. The fraction of sp³-hybridized carbons (Fsp3) is 0.429. The molecule has 1 aromatic carbocycles. The molecule has 1 aliphatic heterocycles. The molecule has 1 aromatic heterocycles. The Morgan fingerprint density at radius 3 is 2.62 bits per heavy atom. The number of nitrogens with one attached hydrogen (secondary N) is 2. The number of benzene rings is 1. The number of carbonyl (C=O) groups is 1. The Morgan fingerprint density at radius 2 is 1.94 bits per heavy atom. The summed E-state index contributed by atoms with van der Waals surface area (Å²) < 4.78 is 7.29. The first-order valence-electron chi connectivity index (χ1n) is 12.2. The first-order valence-corrected chi connectivity index (χ1v) is 12.2. The third-order valence-electron chi connectivity index (χ3n) is 7.27. The second-order valence-corrected chi connectivity index (χ2v) is 9.76. The van der Waals surface area contributed by atoms with Crippen molar-refractivity contribution in [3.8, 4) is 5.75 Å². The molecule has 2 N–H and O–H groups in total. The van der Waals surface area contributed by atoms with E-state index in [1.54, 1.807) is 13.3 Å². The van der Waals surface area contributed by atoms with Gasteiger partial charge in [-0.3, -0.25) is 4.79 Å². The molecule has 0 fully saturated rings. The number of hydrogen-bond donors (Lipinski definition) is 2. The quantitative estimate of drug-likeness (QED) is 0.556. The van der Waals surface area contributed by atoms with Crippen LogP contribution in [0.25, 0.3) is 0 Å². The minimum absolute atomic E-state index is 0.112. The van der Waals surface area contributed by atoms with E-state index in [1.165, 1.54) is 5.57 Å². The van der Waals surface area contributed by atoms with Crippen molar-refractivity contribution in [2.24, 2.45) is 0 Å². The van der Waals surface area contributed by atoms with Crippen LogP contribution in [0.15, 0.2) is 66.4 Å². The highest BCUT2D eigenvalue weighted by Gasteiger charge is 2.38. The Bertz CT molecular complexity index is 1120. The van der Waals surface area contributed by atoms with Crippen LogP contribution in [0.1, 0.15) is 69.3 Å². The molecule has 0 radical (unpaired) electrons. The van der Waals surface area contributed by atoms with Gasteiger partial charge in [-0.2, -0.15) is 5.10 Å². The number of rotatable bonds is 7. The molecule has 2 heterocycles. The van der Waals surface area contributed by atoms with Gasteiger partial charge in [0.2, 0.25) is 0 Å². The molecule has 34 heavy (non-hydrogen) atoms. The first kappa shape index (κ1) is 23.9. The molecule has 2 aromatic rings.